The van der Waals surface area contributed by atoms with Crippen LogP contribution in [0.3, 0.4) is 0 Å². The molecule has 0 aliphatic carbocycles. The molecule has 0 saturated heterocycles. The molecule has 0 aliphatic heterocycles. The molecule has 0 saturated carbocycles. The average molecular weight is 212 g/mol. The first-order valence-electron chi connectivity index (χ1n) is 3.13. The smallest absolute Gasteiger partial charge is 0.403 e. The van der Waals surface area contributed by atoms with Crippen molar-refractivity contribution in [1.29, 1.82) is 0 Å². The van der Waals surface area contributed by atoms with Gasteiger partial charge in [0.05, 0.1) is 0 Å². The van der Waals surface area contributed by atoms with E-state index >= 15 is 0 Å². The van der Waals surface area contributed by atoms with Crippen LogP contribution in [0, 0.1) is 5.82 Å². The fraction of sp³-hybridized carbons (Fsp3) is 0.143. The molecule has 72 valence electrons. The van der Waals surface area contributed by atoms with Crippen molar-refractivity contribution < 1.29 is 22.3 Å². The van der Waals surface area contributed by atoms with Gasteiger partial charge in [-0.15, -0.1) is 25.8 Å². The van der Waals surface area contributed by atoms with Crippen LogP contribution in [0.4, 0.5) is 17.6 Å². The van der Waals surface area contributed by atoms with Crippen LogP contribution in [0.5, 0.6) is 5.75 Å². The molecule has 1 aromatic rings. The molecule has 0 amide bonds. The molecular formula is C7H4F4OS. The van der Waals surface area contributed by atoms with Crippen LogP contribution in [0.1, 0.15) is 0 Å². The van der Waals surface area contributed by atoms with Crippen LogP contribution in [0.2, 0.25) is 0 Å². The van der Waals surface area contributed by atoms with E-state index in [1.165, 1.54) is 12.1 Å². The molecule has 13 heavy (non-hydrogen) atoms. The third-order valence-corrected chi connectivity index (χ3v) is 1.51. The molecule has 0 heterocycles. The van der Waals surface area contributed by atoms with Crippen molar-refractivity contribution in [3.05, 3.63) is 24.0 Å². The Morgan fingerprint density at radius 2 is 1.85 bits per heavy atom. The highest BCUT2D eigenvalue weighted by molar-refractivity contribution is 7.80. The Balaban J connectivity index is 2.96. The summed E-state index contributed by atoms with van der Waals surface area (Å²) in [7, 11) is 0. The highest BCUT2D eigenvalue weighted by Crippen LogP contribution is 2.28. The molecule has 1 rings (SSSR count). The van der Waals surface area contributed by atoms with Crippen molar-refractivity contribution in [3.8, 4) is 5.75 Å². The summed E-state index contributed by atoms with van der Waals surface area (Å²) in [6, 6.07) is 3.32. The summed E-state index contributed by atoms with van der Waals surface area (Å²) in [6.07, 6.45) is -4.89. The van der Waals surface area contributed by atoms with Gasteiger partial charge in [0, 0.05) is 4.90 Å². The van der Waals surface area contributed by atoms with Crippen molar-refractivity contribution in [2.45, 2.75) is 11.3 Å². The predicted molar refractivity (Wildman–Crippen MR) is 40.3 cm³/mol. The molecule has 1 aromatic carbocycles. The van der Waals surface area contributed by atoms with Gasteiger partial charge in [-0.05, 0) is 12.1 Å². The van der Waals surface area contributed by atoms with Crippen molar-refractivity contribution in [2.75, 3.05) is 0 Å². The second kappa shape index (κ2) is 3.45. The molecule has 0 aliphatic rings. The largest absolute Gasteiger partial charge is 0.573 e. The molecule has 0 spiro atoms. The first kappa shape index (κ1) is 10.2. The van der Waals surface area contributed by atoms with Gasteiger partial charge in [-0.2, -0.15) is 0 Å². The second-order valence-electron chi connectivity index (χ2n) is 2.14. The third-order valence-electron chi connectivity index (χ3n) is 1.17. The zero-order chi connectivity index (χ0) is 10.1. The van der Waals surface area contributed by atoms with Crippen molar-refractivity contribution in [2.24, 2.45) is 0 Å². The lowest BCUT2D eigenvalue weighted by molar-refractivity contribution is -0.275. The summed E-state index contributed by atoms with van der Waals surface area (Å²) in [4.78, 5) is -0.193. The number of benzene rings is 1. The number of thiol groups is 1. The normalized spacial score (nSPS) is 11.5. The molecule has 0 bridgehead atoms. The van der Waals surface area contributed by atoms with E-state index < -0.39 is 17.9 Å². The first-order chi connectivity index (χ1) is 5.90. The molecule has 0 N–H and O–H groups in total. The number of halogens is 4. The zero-order valence-electron chi connectivity index (χ0n) is 6.10. The Labute approximate surface area is 76.7 Å². The first-order valence-corrected chi connectivity index (χ1v) is 3.58. The summed E-state index contributed by atoms with van der Waals surface area (Å²) in [5.74, 6) is -2.00. The predicted octanol–water partition coefficient (Wildman–Crippen LogP) is 3.01. The molecule has 0 unspecified atom stereocenters. The van der Waals surface area contributed by atoms with Gasteiger partial charge < -0.3 is 4.74 Å². The van der Waals surface area contributed by atoms with Gasteiger partial charge in [-0.3, -0.25) is 0 Å². The lowest BCUT2D eigenvalue weighted by Crippen LogP contribution is -2.17. The molecule has 1 nitrogen and oxygen atoms in total. The monoisotopic (exact) mass is 212 g/mol. The quantitative estimate of drug-likeness (QED) is 0.556. The molecule has 0 atom stereocenters. The molecule has 0 fully saturated rings. The Kier molecular flexibility index (Phi) is 2.70. The van der Waals surface area contributed by atoms with Gasteiger partial charge in [0.1, 0.15) is 0 Å². The molecule has 6 heteroatoms. The van der Waals surface area contributed by atoms with E-state index in [2.05, 4.69) is 17.4 Å². The van der Waals surface area contributed by atoms with E-state index in [0.717, 1.165) is 6.07 Å². The average Bonchev–Trinajstić information content (AvgIpc) is 1.96. The van der Waals surface area contributed by atoms with Gasteiger partial charge in [-0.1, -0.05) is 6.07 Å². The van der Waals surface area contributed by atoms with E-state index in [-0.39, 0.29) is 4.90 Å². The van der Waals surface area contributed by atoms with Gasteiger partial charge >= 0.3 is 6.36 Å². The summed E-state index contributed by atoms with van der Waals surface area (Å²) >= 11 is 3.59. The molecular weight excluding hydrogens is 208 g/mol. The van der Waals surface area contributed by atoms with Crippen LogP contribution in [-0.2, 0) is 0 Å². The van der Waals surface area contributed by atoms with E-state index in [9.17, 15) is 17.6 Å². The number of alkyl halides is 3. The van der Waals surface area contributed by atoms with Crippen molar-refractivity contribution in [1.82, 2.24) is 0 Å². The number of hydrogen-bond donors (Lipinski definition) is 1. The van der Waals surface area contributed by atoms with E-state index in [4.69, 9.17) is 0 Å². The minimum absolute atomic E-state index is 0.193. The van der Waals surface area contributed by atoms with Gasteiger partial charge in [0.25, 0.3) is 0 Å². The van der Waals surface area contributed by atoms with Crippen LogP contribution < -0.4 is 4.74 Å². The maximum Gasteiger partial charge on any atom is 0.573 e. The van der Waals surface area contributed by atoms with Gasteiger partial charge in [-0.25, -0.2) is 4.39 Å². The van der Waals surface area contributed by atoms with E-state index in [1.807, 2.05) is 0 Å². The van der Waals surface area contributed by atoms with Crippen LogP contribution in [0.15, 0.2) is 23.1 Å². The van der Waals surface area contributed by atoms with Crippen molar-refractivity contribution in [3.63, 3.8) is 0 Å². The maximum absolute atomic E-state index is 12.8. The number of ether oxygens (including phenoxy) is 1. The lowest BCUT2D eigenvalue weighted by Gasteiger charge is -2.09. The van der Waals surface area contributed by atoms with Gasteiger partial charge in [0.2, 0.25) is 0 Å². The summed E-state index contributed by atoms with van der Waals surface area (Å²) in [5, 5.41) is 0. The standard InChI is InChI=1S/C7H4F4OS/c8-6-4(12-7(9,10)11)2-1-3-5(6)13/h1-3,13H. The molecule has 0 radical (unpaired) electrons. The maximum atomic E-state index is 12.8. The van der Waals surface area contributed by atoms with E-state index in [1.54, 1.807) is 0 Å². The summed E-state index contributed by atoms with van der Waals surface area (Å²) in [6.45, 7) is 0. The van der Waals surface area contributed by atoms with Crippen molar-refractivity contribution >= 4 is 12.6 Å². The van der Waals surface area contributed by atoms with Crippen LogP contribution in [0.25, 0.3) is 0 Å². The minimum atomic E-state index is -4.89. The lowest BCUT2D eigenvalue weighted by atomic mass is 10.3. The van der Waals surface area contributed by atoms with Crippen LogP contribution >= 0.6 is 12.6 Å². The Morgan fingerprint density at radius 1 is 1.23 bits per heavy atom. The minimum Gasteiger partial charge on any atom is -0.403 e. The highest BCUT2D eigenvalue weighted by Gasteiger charge is 2.32. The summed E-state index contributed by atoms with van der Waals surface area (Å²) in [5.41, 5.74) is 0. The van der Waals surface area contributed by atoms with Gasteiger partial charge in [0.15, 0.2) is 11.6 Å². The van der Waals surface area contributed by atoms with E-state index in [0.29, 0.717) is 0 Å². The Hall–Kier alpha value is -0.910. The number of rotatable bonds is 1. The topological polar surface area (TPSA) is 9.23 Å². The van der Waals surface area contributed by atoms with Crippen LogP contribution in [-0.4, -0.2) is 6.36 Å². The fourth-order valence-corrected chi connectivity index (χ4v) is 0.899. The third kappa shape index (κ3) is 2.80. The Morgan fingerprint density at radius 3 is 2.38 bits per heavy atom. The summed E-state index contributed by atoms with van der Waals surface area (Å²) < 4.78 is 51.1. The Bertz CT molecular complexity index is 310. The fourth-order valence-electron chi connectivity index (χ4n) is 0.703. The second-order valence-corrected chi connectivity index (χ2v) is 2.62. The highest BCUT2D eigenvalue weighted by atomic mass is 32.1. The molecule has 0 aromatic heterocycles. The number of hydrogen-bond acceptors (Lipinski definition) is 2. The zero-order valence-corrected chi connectivity index (χ0v) is 6.99. The SMILES string of the molecule is Fc1c(S)cccc1OC(F)(F)F.